The normalized spacial score (nSPS) is 10.9. The number of benzene rings is 1. The van der Waals surface area contributed by atoms with E-state index in [-0.39, 0.29) is 19.1 Å². The highest BCUT2D eigenvalue weighted by Crippen LogP contribution is 2.36. The van der Waals surface area contributed by atoms with Crippen molar-refractivity contribution in [2.45, 2.75) is 26.7 Å². The zero-order chi connectivity index (χ0) is 19.8. The molecule has 2 rings (SSSR count). The second-order valence-corrected chi connectivity index (χ2v) is 7.54. The number of carbonyl (C=O) groups is 2. The topological polar surface area (TPSA) is 58.6 Å². The van der Waals surface area contributed by atoms with Crippen LogP contribution in [0.5, 0.6) is 0 Å². The van der Waals surface area contributed by atoms with Crippen LogP contribution < -0.4 is 5.32 Å². The number of esters is 1. The molecule has 0 saturated heterocycles. The molecule has 146 valence electrons. The van der Waals surface area contributed by atoms with Crippen molar-refractivity contribution < 1.29 is 14.3 Å². The Morgan fingerprint density at radius 3 is 2.56 bits per heavy atom. The Hall–Kier alpha value is -1.89. The van der Waals surface area contributed by atoms with Crippen molar-refractivity contribution in [1.29, 1.82) is 0 Å². The Labute approximate surface area is 169 Å². The summed E-state index contributed by atoms with van der Waals surface area (Å²) in [5, 5.41) is 5.85. The van der Waals surface area contributed by atoms with E-state index in [1.807, 2.05) is 29.5 Å². The Balaban J connectivity index is 2.24. The molecule has 0 aliphatic carbocycles. The summed E-state index contributed by atoms with van der Waals surface area (Å²) in [7, 11) is 1.91. The summed E-state index contributed by atoms with van der Waals surface area (Å²) >= 11 is 7.28. The average molecular weight is 409 g/mol. The molecule has 1 amide bonds. The van der Waals surface area contributed by atoms with Crippen molar-refractivity contribution in [2.24, 2.45) is 0 Å². The molecule has 0 spiro atoms. The molecular weight excluding hydrogens is 384 g/mol. The number of nitrogens with zero attached hydrogens (tertiary/aromatic N) is 1. The van der Waals surface area contributed by atoms with Gasteiger partial charge in [-0.3, -0.25) is 9.69 Å². The lowest BCUT2D eigenvalue weighted by molar-refractivity contribution is -0.117. The van der Waals surface area contributed by atoms with Gasteiger partial charge in [0.2, 0.25) is 5.91 Å². The van der Waals surface area contributed by atoms with E-state index < -0.39 is 5.97 Å². The molecule has 0 saturated carbocycles. The van der Waals surface area contributed by atoms with Crippen LogP contribution in [0.2, 0.25) is 5.02 Å². The fourth-order valence-electron chi connectivity index (χ4n) is 2.62. The molecule has 2 aromatic rings. The number of likely N-dealkylation sites (N-methyl/N-ethyl adjacent to an activating group) is 1. The minimum atomic E-state index is -0.446. The molecule has 27 heavy (non-hydrogen) atoms. The fraction of sp³-hybridized carbons (Fsp3) is 0.400. The van der Waals surface area contributed by atoms with Gasteiger partial charge < -0.3 is 10.1 Å². The molecule has 0 unspecified atom stereocenters. The maximum Gasteiger partial charge on any atom is 0.341 e. The van der Waals surface area contributed by atoms with Gasteiger partial charge >= 0.3 is 5.97 Å². The molecule has 1 aromatic heterocycles. The summed E-state index contributed by atoms with van der Waals surface area (Å²) in [5.41, 5.74) is 1.96. The highest BCUT2D eigenvalue weighted by Gasteiger charge is 2.23. The number of ether oxygens (including phenoxy) is 1. The Bertz CT molecular complexity index is 774. The molecule has 0 bridgehead atoms. The van der Waals surface area contributed by atoms with Crippen LogP contribution in [0.1, 0.15) is 37.0 Å². The minimum Gasteiger partial charge on any atom is -0.462 e. The van der Waals surface area contributed by atoms with E-state index in [0.717, 1.165) is 30.5 Å². The predicted molar refractivity (Wildman–Crippen MR) is 112 cm³/mol. The van der Waals surface area contributed by atoms with Crippen molar-refractivity contribution in [3.05, 3.63) is 40.2 Å². The van der Waals surface area contributed by atoms with Crippen LogP contribution in [0.15, 0.2) is 29.6 Å². The van der Waals surface area contributed by atoms with Crippen LogP contribution in [-0.4, -0.2) is 43.5 Å². The van der Waals surface area contributed by atoms with E-state index in [2.05, 4.69) is 12.2 Å². The number of hydrogen-bond donors (Lipinski definition) is 1. The zero-order valence-corrected chi connectivity index (χ0v) is 17.5. The first-order chi connectivity index (χ1) is 13.0. The van der Waals surface area contributed by atoms with Crippen molar-refractivity contribution in [2.75, 3.05) is 32.1 Å². The second-order valence-electron chi connectivity index (χ2n) is 6.22. The van der Waals surface area contributed by atoms with Gasteiger partial charge in [-0.15, -0.1) is 11.3 Å². The van der Waals surface area contributed by atoms with Gasteiger partial charge in [0, 0.05) is 16.0 Å². The number of rotatable bonds is 9. The highest BCUT2D eigenvalue weighted by molar-refractivity contribution is 7.15. The molecule has 0 atom stereocenters. The highest BCUT2D eigenvalue weighted by atomic mass is 35.5. The van der Waals surface area contributed by atoms with Gasteiger partial charge in [0.25, 0.3) is 0 Å². The van der Waals surface area contributed by atoms with Crippen LogP contribution in [0.4, 0.5) is 5.00 Å². The smallest absolute Gasteiger partial charge is 0.341 e. The second kappa shape index (κ2) is 10.4. The van der Waals surface area contributed by atoms with Crippen molar-refractivity contribution in [3.63, 3.8) is 0 Å². The summed E-state index contributed by atoms with van der Waals surface area (Å²) in [6, 6.07) is 7.23. The average Bonchev–Trinajstić information content (AvgIpc) is 3.04. The minimum absolute atomic E-state index is 0.149. The molecule has 1 N–H and O–H groups in total. The molecule has 7 heteroatoms. The van der Waals surface area contributed by atoms with Crippen molar-refractivity contribution >= 4 is 39.8 Å². The summed E-state index contributed by atoms with van der Waals surface area (Å²) in [6.07, 6.45) is 2.12. The molecule has 0 aliphatic heterocycles. The number of nitrogens with one attached hydrogen (secondary N) is 1. The SMILES string of the molecule is CCCCN(C)CC(=O)Nc1scc(-c2ccc(Cl)cc2)c1C(=O)OCC. The third-order valence-electron chi connectivity index (χ3n) is 3.99. The van der Waals surface area contributed by atoms with Crippen LogP contribution in [0.3, 0.4) is 0 Å². The van der Waals surface area contributed by atoms with Gasteiger partial charge in [-0.1, -0.05) is 37.1 Å². The number of thiophene rings is 1. The predicted octanol–water partition coefficient (Wildman–Crippen LogP) is 4.92. The van der Waals surface area contributed by atoms with Crippen molar-refractivity contribution in [1.82, 2.24) is 4.90 Å². The van der Waals surface area contributed by atoms with E-state index in [9.17, 15) is 9.59 Å². The molecular formula is C20H25ClN2O3S. The Kier molecular flexibility index (Phi) is 8.28. The summed E-state index contributed by atoms with van der Waals surface area (Å²) < 4.78 is 5.21. The van der Waals surface area contributed by atoms with E-state index in [1.54, 1.807) is 19.1 Å². The standard InChI is InChI=1S/C20H25ClN2O3S/c1-4-6-11-23(3)12-17(24)22-19-18(20(25)26-5-2)16(13-27-19)14-7-9-15(21)10-8-14/h7-10,13H,4-6,11-12H2,1-3H3,(H,22,24). The lowest BCUT2D eigenvalue weighted by atomic mass is 10.0. The fourth-order valence-corrected chi connectivity index (χ4v) is 3.72. The molecule has 0 aliphatic rings. The zero-order valence-electron chi connectivity index (χ0n) is 15.9. The van der Waals surface area contributed by atoms with Gasteiger partial charge in [0.1, 0.15) is 10.6 Å². The maximum absolute atomic E-state index is 12.5. The van der Waals surface area contributed by atoms with Gasteiger partial charge in [-0.05, 0) is 44.6 Å². The van der Waals surface area contributed by atoms with E-state index in [1.165, 1.54) is 11.3 Å². The van der Waals surface area contributed by atoms with Crippen molar-refractivity contribution in [3.8, 4) is 11.1 Å². The molecule has 5 nitrogen and oxygen atoms in total. The summed E-state index contributed by atoms with van der Waals surface area (Å²) in [6.45, 7) is 5.27. The van der Waals surface area contributed by atoms with Gasteiger partial charge in [-0.25, -0.2) is 4.79 Å². The molecule has 0 fully saturated rings. The Morgan fingerprint density at radius 2 is 1.93 bits per heavy atom. The summed E-state index contributed by atoms with van der Waals surface area (Å²) in [4.78, 5) is 26.9. The quantitative estimate of drug-likeness (QED) is 0.598. The number of halogens is 1. The van der Waals surface area contributed by atoms with Crippen LogP contribution in [-0.2, 0) is 9.53 Å². The lowest BCUT2D eigenvalue weighted by Gasteiger charge is -2.15. The van der Waals surface area contributed by atoms with E-state index in [0.29, 0.717) is 15.6 Å². The number of hydrogen-bond acceptors (Lipinski definition) is 5. The number of carbonyl (C=O) groups excluding carboxylic acids is 2. The lowest BCUT2D eigenvalue weighted by Crippen LogP contribution is -2.31. The monoisotopic (exact) mass is 408 g/mol. The van der Waals surface area contributed by atoms with E-state index >= 15 is 0 Å². The Morgan fingerprint density at radius 1 is 1.22 bits per heavy atom. The first kappa shape index (κ1) is 21.4. The molecule has 1 heterocycles. The number of amides is 1. The number of unbranched alkanes of at least 4 members (excludes halogenated alkanes) is 1. The van der Waals surface area contributed by atoms with Crippen LogP contribution >= 0.6 is 22.9 Å². The van der Waals surface area contributed by atoms with E-state index in [4.69, 9.17) is 16.3 Å². The summed E-state index contributed by atoms with van der Waals surface area (Å²) in [5.74, 6) is -0.595. The third kappa shape index (κ3) is 6.06. The van der Waals surface area contributed by atoms with Crippen LogP contribution in [0.25, 0.3) is 11.1 Å². The van der Waals surface area contributed by atoms with Gasteiger partial charge in [0.05, 0.1) is 13.2 Å². The molecule has 0 radical (unpaired) electrons. The number of anilines is 1. The van der Waals surface area contributed by atoms with Gasteiger partial charge in [0.15, 0.2) is 0 Å². The third-order valence-corrected chi connectivity index (χ3v) is 5.13. The largest absolute Gasteiger partial charge is 0.462 e. The first-order valence-corrected chi connectivity index (χ1v) is 10.2. The van der Waals surface area contributed by atoms with Crippen LogP contribution in [0, 0.1) is 0 Å². The maximum atomic E-state index is 12.5. The molecule has 1 aromatic carbocycles. The first-order valence-electron chi connectivity index (χ1n) is 8.99. The van der Waals surface area contributed by atoms with Gasteiger partial charge in [-0.2, -0.15) is 0 Å².